The molecule has 4 aromatic rings. The molecule has 184 valence electrons. The first-order chi connectivity index (χ1) is 18.1. The average molecular weight is 525 g/mol. The molecule has 0 saturated heterocycles. The normalized spacial score (nSPS) is 16.5. The molecule has 0 saturated carbocycles. The number of thioether (sulfide) groups is 1. The third kappa shape index (κ3) is 4.18. The molecule has 0 spiro atoms. The molecule has 1 atom stereocenters. The molecule has 1 aromatic heterocycles. The van der Waals surface area contributed by atoms with Crippen LogP contribution in [0.2, 0.25) is 0 Å². The Morgan fingerprint density at radius 1 is 1.05 bits per heavy atom. The van der Waals surface area contributed by atoms with Crippen molar-refractivity contribution in [2.24, 2.45) is 4.99 Å². The maximum atomic E-state index is 13.8. The van der Waals surface area contributed by atoms with Crippen LogP contribution in [0.1, 0.15) is 45.1 Å². The van der Waals surface area contributed by atoms with Crippen LogP contribution in [0, 0.1) is 0 Å². The Morgan fingerprint density at radius 2 is 1.81 bits per heavy atom. The highest BCUT2D eigenvalue weighted by atomic mass is 32.2. The minimum Gasteiger partial charge on any atom is -0.465 e. The second kappa shape index (κ2) is 9.65. The summed E-state index contributed by atoms with van der Waals surface area (Å²) in [7, 11) is 1.36. The van der Waals surface area contributed by atoms with Gasteiger partial charge >= 0.3 is 5.97 Å². The predicted molar refractivity (Wildman–Crippen MR) is 149 cm³/mol. The van der Waals surface area contributed by atoms with Gasteiger partial charge in [-0.15, -0.1) is 11.8 Å². The molecular weight excluding hydrogens is 500 g/mol. The predicted octanol–water partition coefficient (Wildman–Crippen LogP) is 4.83. The maximum absolute atomic E-state index is 13.8. The number of fused-ring (bicyclic) bond motifs is 3. The highest BCUT2D eigenvalue weighted by molar-refractivity contribution is 7.98. The lowest BCUT2D eigenvalue weighted by atomic mass is 9.83. The molecule has 0 N–H and O–H groups in total. The summed E-state index contributed by atoms with van der Waals surface area (Å²) in [5, 5.41) is 0. The fraction of sp³-hybridized carbons (Fsp3) is 0.167. The number of rotatable bonds is 4. The number of benzene rings is 3. The highest BCUT2D eigenvalue weighted by Gasteiger charge is 2.32. The lowest BCUT2D eigenvalue weighted by molar-refractivity contribution is 0.0600. The monoisotopic (exact) mass is 524 g/mol. The van der Waals surface area contributed by atoms with Gasteiger partial charge in [-0.3, -0.25) is 9.36 Å². The zero-order valence-corrected chi connectivity index (χ0v) is 22.1. The van der Waals surface area contributed by atoms with Crippen LogP contribution in [0.15, 0.2) is 93.1 Å². The van der Waals surface area contributed by atoms with Gasteiger partial charge in [-0.2, -0.15) is 0 Å². The van der Waals surface area contributed by atoms with Crippen LogP contribution in [0.3, 0.4) is 0 Å². The van der Waals surface area contributed by atoms with E-state index in [-0.39, 0.29) is 17.6 Å². The van der Waals surface area contributed by atoms with Crippen LogP contribution in [-0.2, 0) is 11.2 Å². The largest absolute Gasteiger partial charge is 0.465 e. The SMILES string of the molecule is COC(=O)c1ccc(/C=c2\sc3n(c2=O)[C@@H](c2ccc(SC)cc2)C2=C(N=3)c3ccccc3CC2)cc1. The molecule has 7 heteroatoms. The topological polar surface area (TPSA) is 60.7 Å². The first kappa shape index (κ1) is 23.7. The van der Waals surface area contributed by atoms with Gasteiger partial charge in [0.25, 0.3) is 5.56 Å². The van der Waals surface area contributed by atoms with E-state index in [2.05, 4.69) is 54.8 Å². The van der Waals surface area contributed by atoms with E-state index in [0.29, 0.717) is 14.9 Å². The van der Waals surface area contributed by atoms with Gasteiger partial charge in [-0.25, -0.2) is 9.79 Å². The Labute approximate surface area is 222 Å². The number of aryl methyl sites for hydroxylation is 1. The Bertz CT molecular complexity index is 1730. The van der Waals surface area contributed by atoms with Gasteiger partial charge in [0.15, 0.2) is 4.80 Å². The van der Waals surface area contributed by atoms with Gasteiger partial charge in [-0.05, 0) is 71.7 Å². The second-order valence-corrected chi connectivity index (χ2v) is 10.9. The number of thiazole rings is 1. The standard InChI is InChI=1S/C30H24N2O3S2/c1-35-29(34)21-9-7-18(8-10-21)17-25-28(33)32-27(20-11-14-22(36-2)15-12-20)24-16-13-19-5-3-4-6-23(19)26(24)31-30(32)37-25/h3-12,14-15,17,27H,13,16H2,1-2H3/b25-17-/t27-/m0/s1. The molecule has 1 aliphatic carbocycles. The van der Waals surface area contributed by atoms with Crippen molar-refractivity contribution in [3.63, 3.8) is 0 Å². The summed E-state index contributed by atoms with van der Waals surface area (Å²) in [6, 6.07) is 23.8. The van der Waals surface area contributed by atoms with Gasteiger partial charge in [0.2, 0.25) is 0 Å². The molecule has 0 radical (unpaired) electrons. The number of allylic oxidation sites excluding steroid dienone is 1. The van der Waals surface area contributed by atoms with E-state index in [1.807, 2.05) is 22.8 Å². The summed E-state index contributed by atoms with van der Waals surface area (Å²) in [5.74, 6) is -0.385. The summed E-state index contributed by atoms with van der Waals surface area (Å²) in [4.78, 5) is 32.6. The van der Waals surface area contributed by atoms with Gasteiger partial charge in [0.05, 0.1) is 28.9 Å². The molecule has 2 heterocycles. The summed E-state index contributed by atoms with van der Waals surface area (Å²) < 4.78 is 7.27. The van der Waals surface area contributed by atoms with Crippen molar-refractivity contribution in [3.05, 3.63) is 126 Å². The number of ether oxygens (including phenoxy) is 1. The van der Waals surface area contributed by atoms with E-state index in [0.717, 1.165) is 35.2 Å². The molecule has 2 aliphatic rings. The van der Waals surface area contributed by atoms with Gasteiger partial charge < -0.3 is 4.74 Å². The lowest BCUT2D eigenvalue weighted by Crippen LogP contribution is -2.38. The number of aromatic nitrogens is 1. The number of carbonyl (C=O) groups excluding carboxylic acids is 1. The van der Waals surface area contributed by atoms with Gasteiger partial charge in [0.1, 0.15) is 0 Å². The molecule has 0 unspecified atom stereocenters. The van der Waals surface area contributed by atoms with Crippen LogP contribution in [0.4, 0.5) is 0 Å². The number of hydrogen-bond acceptors (Lipinski definition) is 6. The quantitative estimate of drug-likeness (QED) is 0.284. The molecule has 3 aromatic carbocycles. The maximum Gasteiger partial charge on any atom is 0.337 e. The van der Waals surface area contributed by atoms with E-state index in [4.69, 9.17) is 9.73 Å². The second-order valence-electron chi connectivity index (χ2n) is 9.00. The van der Waals surface area contributed by atoms with Crippen molar-refractivity contribution in [3.8, 4) is 0 Å². The van der Waals surface area contributed by atoms with E-state index in [1.165, 1.54) is 34.5 Å². The van der Waals surface area contributed by atoms with E-state index in [1.54, 1.807) is 23.9 Å². The lowest BCUT2D eigenvalue weighted by Gasteiger charge is -2.30. The van der Waals surface area contributed by atoms with Crippen LogP contribution in [0.25, 0.3) is 11.8 Å². The number of methoxy groups -OCH3 is 1. The van der Waals surface area contributed by atoms with Crippen molar-refractivity contribution >= 4 is 40.8 Å². The molecule has 0 amide bonds. The zero-order chi connectivity index (χ0) is 25.5. The average Bonchev–Trinajstić information content (AvgIpc) is 3.26. The Morgan fingerprint density at radius 3 is 2.54 bits per heavy atom. The fourth-order valence-corrected chi connectivity index (χ4v) is 6.50. The summed E-state index contributed by atoms with van der Waals surface area (Å²) in [5.41, 5.74) is 7.00. The van der Waals surface area contributed by atoms with Crippen LogP contribution in [0.5, 0.6) is 0 Å². The minimum absolute atomic E-state index is 0.0508. The van der Waals surface area contributed by atoms with Crippen LogP contribution < -0.4 is 14.9 Å². The molecule has 1 aliphatic heterocycles. The molecule has 0 bridgehead atoms. The third-order valence-electron chi connectivity index (χ3n) is 6.93. The summed E-state index contributed by atoms with van der Waals surface area (Å²) in [6.07, 6.45) is 5.73. The number of hydrogen-bond donors (Lipinski definition) is 0. The zero-order valence-electron chi connectivity index (χ0n) is 20.4. The first-order valence-electron chi connectivity index (χ1n) is 12.0. The number of carbonyl (C=O) groups is 1. The van der Waals surface area contributed by atoms with E-state index >= 15 is 0 Å². The van der Waals surface area contributed by atoms with Gasteiger partial charge in [-0.1, -0.05) is 59.9 Å². The van der Waals surface area contributed by atoms with E-state index < -0.39 is 0 Å². The van der Waals surface area contributed by atoms with Crippen molar-refractivity contribution in [2.75, 3.05) is 13.4 Å². The first-order valence-corrected chi connectivity index (χ1v) is 14.1. The number of nitrogens with zero attached hydrogens (tertiary/aromatic N) is 2. The molecule has 37 heavy (non-hydrogen) atoms. The number of esters is 1. The van der Waals surface area contributed by atoms with Gasteiger partial charge in [0, 0.05) is 10.5 Å². The van der Waals surface area contributed by atoms with E-state index in [9.17, 15) is 9.59 Å². The van der Waals surface area contributed by atoms with Crippen molar-refractivity contribution in [2.45, 2.75) is 23.8 Å². The van der Waals surface area contributed by atoms with Crippen molar-refractivity contribution in [1.82, 2.24) is 4.57 Å². The van der Waals surface area contributed by atoms with Crippen molar-refractivity contribution < 1.29 is 9.53 Å². The smallest absolute Gasteiger partial charge is 0.337 e. The Hall–Kier alpha value is -3.68. The van der Waals surface area contributed by atoms with Crippen LogP contribution in [-0.4, -0.2) is 23.9 Å². The molecule has 5 nitrogen and oxygen atoms in total. The third-order valence-corrected chi connectivity index (χ3v) is 8.66. The fourth-order valence-electron chi connectivity index (χ4n) is 5.09. The summed E-state index contributed by atoms with van der Waals surface area (Å²) in [6.45, 7) is 0. The highest BCUT2D eigenvalue weighted by Crippen LogP contribution is 2.41. The minimum atomic E-state index is -0.385. The summed E-state index contributed by atoms with van der Waals surface area (Å²) >= 11 is 3.11. The molecule has 0 fully saturated rings. The molecule has 6 rings (SSSR count). The Kier molecular flexibility index (Phi) is 6.18. The van der Waals surface area contributed by atoms with Crippen LogP contribution >= 0.6 is 23.1 Å². The van der Waals surface area contributed by atoms with Crippen molar-refractivity contribution in [1.29, 1.82) is 0 Å². The Balaban J connectivity index is 1.54. The molecular formula is C30H24N2O3S2.